The number of nitrogens with zero attached hydrogens (tertiary/aromatic N) is 1. The predicted molar refractivity (Wildman–Crippen MR) is 67.4 cm³/mol. The number of rotatable bonds is 7. The van der Waals surface area contributed by atoms with E-state index in [9.17, 15) is 17.2 Å². The van der Waals surface area contributed by atoms with Crippen LogP contribution in [0.4, 0.5) is 13.9 Å². The lowest BCUT2D eigenvalue weighted by molar-refractivity contribution is 0.236. The van der Waals surface area contributed by atoms with Gasteiger partial charge in [0.15, 0.2) is 5.13 Å². The Hall–Kier alpha value is -0.800. The molecule has 104 valence electrons. The Kier molecular flexibility index (Phi) is 5.42. The van der Waals surface area contributed by atoms with Crippen molar-refractivity contribution in [3.05, 3.63) is 11.1 Å². The number of alkyl halides is 2. The van der Waals surface area contributed by atoms with E-state index < -0.39 is 15.8 Å². The van der Waals surface area contributed by atoms with Crippen molar-refractivity contribution in [2.45, 2.75) is 32.1 Å². The highest BCUT2D eigenvalue weighted by Gasteiger charge is 2.25. The van der Waals surface area contributed by atoms with Gasteiger partial charge < -0.3 is 5.32 Å². The Bertz CT molecular complexity index is 476. The Morgan fingerprint density at radius 2 is 2.17 bits per heavy atom. The fourth-order valence-electron chi connectivity index (χ4n) is 1.16. The van der Waals surface area contributed by atoms with Crippen LogP contribution in [0.15, 0.2) is 5.38 Å². The molecule has 0 aliphatic heterocycles. The third-order valence-corrected chi connectivity index (χ3v) is 3.98. The van der Waals surface area contributed by atoms with Gasteiger partial charge in [-0.1, -0.05) is 6.92 Å². The molecule has 1 unspecified atom stereocenters. The van der Waals surface area contributed by atoms with Crippen molar-refractivity contribution < 1.29 is 17.2 Å². The number of hydrogen-bond acceptors (Lipinski definition) is 5. The van der Waals surface area contributed by atoms with Crippen molar-refractivity contribution >= 4 is 26.5 Å². The van der Waals surface area contributed by atoms with Gasteiger partial charge in [-0.15, -0.1) is 11.3 Å². The van der Waals surface area contributed by atoms with Crippen LogP contribution < -0.4 is 10.0 Å². The van der Waals surface area contributed by atoms with Gasteiger partial charge in [-0.05, 0) is 19.9 Å². The molecular weight excluding hydrogens is 284 g/mol. The second kappa shape index (κ2) is 6.39. The first-order valence-corrected chi connectivity index (χ1v) is 7.78. The normalized spacial score (nSPS) is 13.8. The maximum atomic E-state index is 12.1. The van der Waals surface area contributed by atoms with Gasteiger partial charge in [-0.3, -0.25) is 4.72 Å². The number of hydrogen-bond donors (Lipinski definition) is 2. The van der Waals surface area contributed by atoms with E-state index in [4.69, 9.17) is 0 Å². The summed E-state index contributed by atoms with van der Waals surface area (Å²) in [5.74, 6) is -3.46. The highest BCUT2D eigenvalue weighted by atomic mass is 32.2. The van der Waals surface area contributed by atoms with Crippen LogP contribution in [0.5, 0.6) is 0 Å². The Balaban J connectivity index is 2.69. The molecule has 0 aliphatic carbocycles. The molecule has 0 aliphatic rings. The Morgan fingerprint density at radius 1 is 1.50 bits per heavy atom. The first-order valence-electron chi connectivity index (χ1n) is 5.35. The second-order valence-corrected chi connectivity index (χ2v) is 6.17. The minimum absolute atomic E-state index is 0.0459. The van der Waals surface area contributed by atoms with Gasteiger partial charge in [0.2, 0.25) is 0 Å². The molecule has 1 aromatic heterocycles. The molecule has 1 heterocycles. The van der Waals surface area contributed by atoms with Crippen LogP contribution in [0.25, 0.3) is 0 Å². The Labute approximate surface area is 109 Å². The summed E-state index contributed by atoms with van der Waals surface area (Å²) in [5, 5.41) is 4.76. The number of anilines is 1. The summed E-state index contributed by atoms with van der Waals surface area (Å²) in [4.78, 5) is 3.96. The molecule has 0 amide bonds. The molecule has 0 bridgehead atoms. The molecule has 0 aromatic carbocycles. The van der Waals surface area contributed by atoms with E-state index in [0.717, 1.165) is 24.3 Å². The minimum Gasteiger partial charge on any atom is -0.309 e. The van der Waals surface area contributed by atoms with Gasteiger partial charge in [0.25, 0.3) is 10.0 Å². The first-order chi connectivity index (χ1) is 8.36. The molecule has 1 rings (SSSR count). The van der Waals surface area contributed by atoms with E-state index in [1.54, 1.807) is 10.1 Å². The topological polar surface area (TPSA) is 71.1 Å². The molecule has 0 fully saturated rings. The molecule has 2 N–H and O–H groups in total. The SMILES string of the molecule is CCCNC(C)c1csc(NS(=O)(=O)C(F)F)n1. The highest BCUT2D eigenvalue weighted by Crippen LogP contribution is 2.22. The summed E-state index contributed by atoms with van der Waals surface area (Å²) >= 11 is 0.981. The lowest BCUT2D eigenvalue weighted by atomic mass is 10.2. The van der Waals surface area contributed by atoms with Crippen molar-refractivity contribution in [1.82, 2.24) is 10.3 Å². The molecule has 1 aromatic rings. The van der Waals surface area contributed by atoms with E-state index in [1.807, 2.05) is 13.8 Å². The van der Waals surface area contributed by atoms with Crippen molar-refractivity contribution in [3.63, 3.8) is 0 Å². The molecule has 0 saturated heterocycles. The van der Waals surface area contributed by atoms with Crippen LogP contribution in [0.1, 0.15) is 32.0 Å². The third kappa shape index (κ3) is 4.14. The van der Waals surface area contributed by atoms with Crippen LogP contribution in [-0.2, 0) is 10.0 Å². The summed E-state index contributed by atoms with van der Waals surface area (Å²) in [7, 11) is -4.64. The molecular formula is C9H15F2N3O2S2. The quantitative estimate of drug-likeness (QED) is 0.809. The van der Waals surface area contributed by atoms with Crippen LogP contribution in [0, 0.1) is 0 Å². The summed E-state index contributed by atoms with van der Waals surface area (Å²) in [6.07, 6.45) is 0.958. The van der Waals surface area contributed by atoms with E-state index in [-0.39, 0.29) is 11.2 Å². The average molecular weight is 299 g/mol. The van der Waals surface area contributed by atoms with Crippen LogP contribution in [-0.4, -0.2) is 25.7 Å². The van der Waals surface area contributed by atoms with Gasteiger partial charge >= 0.3 is 5.76 Å². The van der Waals surface area contributed by atoms with Gasteiger partial charge in [0.05, 0.1) is 5.69 Å². The largest absolute Gasteiger partial charge is 0.355 e. The summed E-state index contributed by atoms with van der Waals surface area (Å²) in [5.41, 5.74) is 0.625. The van der Waals surface area contributed by atoms with E-state index in [2.05, 4.69) is 10.3 Å². The molecule has 9 heteroatoms. The van der Waals surface area contributed by atoms with Crippen LogP contribution in [0.3, 0.4) is 0 Å². The molecule has 5 nitrogen and oxygen atoms in total. The predicted octanol–water partition coefficient (Wildman–Crippen LogP) is 2.17. The minimum atomic E-state index is -4.64. The van der Waals surface area contributed by atoms with Crippen molar-refractivity contribution in [2.75, 3.05) is 11.3 Å². The number of halogens is 2. The van der Waals surface area contributed by atoms with Crippen molar-refractivity contribution in [1.29, 1.82) is 0 Å². The molecule has 0 radical (unpaired) electrons. The fraction of sp³-hybridized carbons (Fsp3) is 0.667. The average Bonchev–Trinajstić information content (AvgIpc) is 2.73. The monoisotopic (exact) mass is 299 g/mol. The zero-order chi connectivity index (χ0) is 13.8. The highest BCUT2D eigenvalue weighted by molar-refractivity contribution is 7.93. The van der Waals surface area contributed by atoms with Crippen LogP contribution >= 0.6 is 11.3 Å². The van der Waals surface area contributed by atoms with Gasteiger partial charge in [-0.2, -0.15) is 8.78 Å². The number of nitrogens with one attached hydrogen (secondary N) is 2. The zero-order valence-corrected chi connectivity index (χ0v) is 11.6. The lowest BCUT2D eigenvalue weighted by Gasteiger charge is -2.09. The zero-order valence-electron chi connectivity index (χ0n) is 9.98. The van der Waals surface area contributed by atoms with Gasteiger partial charge in [-0.25, -0.2) is 13.4 Å². The lowest BCUT2D eigenvalue weighted by Crippen LogP contribution is -2.21. The molecule has 1 atom stereocenters. The van der Waals surface area contributed by atoms with E-state index >= 15 is 0 Å². The third-order valence-electron chi connectivity index (χ3n) is 2.13. The molecule has 18 heavy (non-hydrogen) atoms. The molecule has 0 spiro atoms. The fourth-order valence-corrected chi connectivity index (χ4v) is 2.73. The number of sulfonamides is 1. The Morgan fingerprint density at radius 3 is 2.72 bits per heavy atom. The first kappa shape index (κ1) is 15.3. The molecule has 0 saturated carbocycles. The van der Waals surface area contributed by atoms with E-state index in [1.165, 1.54) is 0 Å². The summed E-state index contributed by atoms with van der Waals surface area (Å²) < 4.78 is 47.9. The van der Waals surface area contributed by atoms with Gasteiger partial charge in [0.1, 0.15) is 0 Å². The van der Waals surface area contributed by atoms with E-state index in [0.29, 0.717) is 5.69 Å². The van der Waals surface area contributed by atoms with Gasteiger partial charge in [0, 0.05) is 11.4 Å². The van der Waals surface area contributed by atoms with Crippen LogP contribution in [0.2, 0.25) is 0 Å². The maximum absolute atomic E-state index is 12.1. The maximum Gasteiger partial charge on any atom is 0.355 e. The smallest absolute Gasteiger partial charge is 0.309 e. The summed E-state index contributed by atoms with van der Waals surface area (Å²) in [6.45, 7) is 4.69. The van der Waals surface area contributed by atoms with Crippen molar-refractivity contribution in [2.24, 2.45) is 0 Å². The number of thiazole rings is 1. The van der Waals surface area contributed by atoms with Crippen molar-refractivity contribution in [3.8, 4) is 0 Å². The summed E-state index contributed by atoms with van der Waals surface area (Å²) in [6, 6.07) is -0.0500. The number of aromatic nitrogens is 1. The second-order valence-electron chi connectivity index (χ2n) is 3.66. The standard InChI is InChI=1S/C9H15F2N3O2S2/c1-3-4-12-6(2)7-5-17-9(13-7)14-18(15,16)8(10)11/h5-6,8,12H,3-4H2,1-2H3,(H,13,14).